The fourth-order valence-electron chi connectivity index (χ4n) is 1.43. The van der Waals surface area contributed by atoms with Crippen molar-refractivity contribution in [2.24, 2.45) is 5.73 Å². The number of carbonyl (C=O) groups excluding carboxylic acids is 2. The Labute approximate surface area is 119 Å². The third kappa shape index (κ3) is 6.22. The largest absolute Gasteiger partial charge is 0.352 e. The van der Waals surface area contributed by atoms with Gasteiger partial charge in [-0.2, -0.15) is 0 Å². The van der Waals surface area contributed by atoms with Crippen molar-refractivity contribution in [3.63, 3.8) is 0 Å². The lowest BCUT2D eigenvalue weighted by molar-refractivity contribution is -0.120. The minimum absolute atomic E-state index is 0. The van der Waals surface area contributed by atoms with Gasteiger partial charge < -0.3 is 16.4 Å². The fraction of sp³-hybridized carbons (Fsp3) is 0.385. The Kier molecular flexibility index (Phi) is 7.79. The highest BCUT2D eigenvalue weighted by molar-refractivity contribution is 5.96. The third-order valence-corrected chi connectivity index (χ3v) is 2.31. The normalized spacial score (nSPS) is 9.68. The van der Waals surface area contributed by atoms with Crippen molar-refractivity contribution in [3.05, 3.63) is 35.4 Å². The van der Waals surface area contributed by atoms with Crippen LogP contribution in [-0.4, -0.2) is 24.4 Å². The highest BCUT2D eigenvalue weighted by Gasteiger charge is 2.08. The zero-order chi connectivity index (χ0) is 13.5. The molecule has 1 aromatic carbocycles. The van der Waals surface area contributed by atoms with Crippen LogP contribution in [0.3, 0.4) is 0 Å². The van der Waals surface area contributed by atoms with E-state index >= 15 is 0 Å². The Hall–Kier alpha value is -1.59. The topological polar surface area (TPSA) is 84.2 Å². The molecule has 0 saturated carbocycles. The molecule has 106 valence electrons. The van der Waals surface area contributed by atoms with Crippen LogP contribution in [0.4, 0.5) is 0 Å². The van der Waals surface area contributed by atoms with Gasteiger partial charge in [0.2, 0.25) is 5.91 Å². The number of rotatable bonds is 5. The van der Waals surface area contributed by atoms with Gasteiger partial charge in [-0.05, 0) is 31.5 Å². The lowest BCUT2D eigenvalue weighted by atomic mass is 10.1. The van der Waals surface area contributed by atoms with Crippen molar-refractivity contribution in [1.29, 1.82) is 0 Å². The van der Waals surface area contributed by atoms with Crippen LogP contribution in [0.1, 0.15) is 29.8 Å². The Bertz CT molecular complexity index is 418. The van der Waals surface area contributed by atoms with Crippen LogP contribution < -0.4 is 16.4 Å². The van der Waals surface area contributed by atoms with Gasteiger partial charge >= 0.3 is 0 Å². The SMILES string of the molecule is CC(C)NC(=O)CNC(=O)c1ccc(CN)cc1.Cl. The van der Waals surface area contributed by atoms with Gasteiger partial charge in [0.15, 0.2) is 0 Å². The highest BCUT2D eigenvalue weighted by Crippen LogP contribution is 2.03. The maximum Gasteiger partial charge on any atom is 0.251 e. The first-order valence-corrected chi connectivity index (χ1v) is 5.89. The molecule has 6 heteroatoms. The minimum atomic E-state index is -0.266. The molecule has 2 amide bonds. The van der Waals surface area contributed by atoms with E-state index in [2.05, 4.69) is 10.6 Å². The lowest BCUT2D eigenvalue weighted by Crippen LogP contribution is -2.39. The smallest absolute Gasteiger partial charge is 0.251 e. The predicted molar refractivity (Wildman–Crippen MR) is 77.2 cm³/mol. The van der Waals surface area contributed by atoms with Gasteiger partial charge in [-0.15, -0.1) is 12.4 Å². The van der Waals surface area contributed by atoms with Gasteiger partial charge in [-0.1, -0.05) is 12.1 Å². The van der Waals surface area contributed by atoms with E-state index in [9.17, 15) is 9.59 Å². The van der Waals surface area contributed by atoms with Gasteiger partial charge in [0.05, 0.1) is 6.54 Å². The van der Waals surface area contributed by atoms with Gasteiger partial charge in [-0.25, -0.2) is 0 Å². The van der Waals surface area contributed by atoms with Crippen molar-refractivity contribution in [1.82, 2.24) is 10.6 Å². The summed E-state index contributed by atoms with van der Waals surface area (Å²) in [5, 5.41) is 5.26. The number of carbonyl (C=O) groups is 2. The van der Waals surface area contributed by atoms with Crippen molar-refractivity contribution in [2.75, 3.05) is 6.54 Å². The molecule has 1 aromatic rings. The van der Waals surface area contributed by atoms with E-state index in [1.807, 2.05) is 13.8 Å². The molecular weight excluding hydrogens is 266 g/mol. The number of halogens is 1. The average molecular weight is 286 g/mol. The summed E-state index contributed by atoms with van der Waals surface area (Å²) in [5.41, 5.74) is 6.95. The number of nitrogens with two attached hydrogens (primary N) is 1. The Morgan fingerprint density at radius 1 is 1.21 bits per heavy atom. The first-order valence-electron chi connectivity index (χ1n) is 5.89. The molecule has 0 bridgehead atoms. The quantitative estimate of drug-likeness (QED) is 0.749. The maximum absolute atomic E-state index is 11.7. The van der Waals surface area contributed by atoms with E-state index in [0.29, 0.717) is 12.1 Å². The standard InChI is InChI=1S/C13H19N3O2.ClH/c1-9(2)16-12(17)8-15-13(18)11-5-3-10(7-14)4-6-11;/h3-6,9H,7-8,14H2,1-2H3,(H,15,18)(H,16,17);1H. The van der Waals surface area contributed by atoms with Gasteiger partial charge in [0.25, 0.3) is 5.91 Å². The molecule has 4 N–H and O–H groups in total. The Morgan fingerprint density at radius 3 is 2.26 bits per heavy atom. The third-order valence-electron chi connectivity index (χ3n) is 2.31. The van der Waals surface area contributed by atoms with E-state index in [0.717, 1.165) is 5.56 Å². The molecular formula is C13H20ClN3O2. The zero-order valence-corrected chi connectivity index (χ0v) is 11.9. The predicted octanol–water partition coefficient (Wildman–Crippen LogP) is 0.821. The summed E-state index contributed by atoms with van der Waals surface area (Å²) in [5.74, 6) is -0.464. The van der Waals surface area contributed by atoms with Crippen molar-refractivity contribution < 1.29 is 9.59 Å². The summed E-state index contributed by atoms with van der Waals surface area (Å²) in [6.07, 6.45) is 0. The highest BCUT2D eigenvalue weighted by atomic mass is 35.5. The molecule has 0 atom stereocenters. The summed E-state index contributed by atoms with van der Waals surface area (Å²) in [6.45, 7) is 4.16. The monoisotopic (exact) mass is 285 g/mol. The van der Waals surface area contributed by atoms with E-state index < -0.39 is 0 Å². The van der Waals surface area contributed by atoms with Crippen LogP contribution in [0.25, 0.3) is 0 Å². The first kappa shape index (κ1) is 17.4. The first-order chi connectivity index (χ1) is 8.52. The molecule has 0 fully saturated rings. The van der Waals surface area contributed by atoms with Crippen LogP contribution in [0.2, 0.25) is 0 Å². The number of amides is 2. The minimum Gasteiger partial charge on any atom is -0.352 e. The molecule has 0 aliphatic rings. The molecule has 0 aliphatic carbocycles. The summed E-state index contributed by atoms with van der Waals surface area (Å²) in [6, 6.07) is 7.04. The molecule has 1 rings (SSSR count). The van der Waals surface area contributed by atoms with Gasteiger partial charge in [-0.3, -0.25) is 9.59 Å². The van der Waals surface area contributed by atoms with E-state index in [1.165, 1.54) is 0 Å². The second-order valence-electron chi connectivity index (χ2n) is 4.31. The van der Waals surface area contributed by atoms with Crippen LogP contribution >= 0.6 is 12.4 Å². The number of hydrogen-bond donors (Lipinski definition) is 3. The molecule has 19 heavy (non-hydrogen) atoms. The number of hydrogen-bond acceptors (Lipinski definition) is 3. The van der Waals surface area contributed by atoms with E-state index in [-0.39, 0.29) is 36.8 Å². The summed E-state index contributed by atoms with van der Waals surface area (Å²) >= 11 is 0. The van der Waals surface area contributed by atoms with Crippen molar-refractivity contribution in [3.8, 4) is 0 Å². The fourth-order valence-corrected chi connectivity index (χ4v) is 1.43. The maximum atomic E-state index is 11.7. The molecule has 0 saturated heterocycles. The zero-order valence-electron chi connectivity index (χ0n) is 11.1. The Balaban J connectivity index is 0.00000324. The van der Waals surface area contributed by atoms with Gasteiger partial charge in [0, 0.05) is 18.2 Å². The second kappa shape index (κ2) is 8.50. The molecule has 0 heterocycles. The van der Waals surface area contributed by atoms with E-state index in [4.69, 9.17) is 5.73 Å². The van der Waals surface area contributed by atoms with Crippen LogP contribution in [0.5, 0.6) is 0 Å². The molecule has 0 spiro atoms. The van der Waals surface area contributed by atoms with Crippen LogP contribution in [0.15, 0.2) is 24.3 Å². The van der Waals surface area contributed by atoms with E-state index in [1.54, 1.807) is 24.3 Å². The average Bonchev–Trinajstić information content (AvgIpc) is 2.35. The summed E-state index contributed by atoms with van der Waals surface area (Å²) < 4.78 is 0. The molecule has 5 nitrogen and oxygen atoms in total. The second-order valence-corrected chi connectivity index (χ2v) is 4.31. The Morgan fingerprint density at radius 2 is 1.79 bits per heavy atom. The number of nitrogens with one attached hydrogen (secondary N) is 2. The molecule has 0 radical (unpaired) electrons. The number of benzene rings is 1. The molecule has 0 aromatic heterocycles. The van der Waals surface area contributed by atoms with Crippen LogP contribution in [-0.2, 0) is 11.3 Å². The van der Waals surface area contributed by atoms with Crippen molar-refractivity contribution >= 4 is 24.2 Å². The summed E-state index contributed by atoms with van der Waals surface area (Å²) in [7, 11) is 0. The molecule has 0 aliphatic heterocycles. The lowest BCUT2D eigenvalue weighted by Gasteiger charge is -2.09. The van der Waals surface area contributed by atoms with Gasteiger partial charge in [0.1, 0.15) is 0 Å². The van der Waals surface area contributed by atoms with Crippen molar-refractivity contribution in [2.45, 2.75) is 26.4 Å². The van der Waals surface area contributed by atoms with Crippen LogP contribution in [0, 0.1) is 0 Å². The summed E-state index contributed by atoms with van der Waals surface area (Å²) in [4.78, 5) is 23.1. The molecule has 0 unspecified atom stereocenters.